The molecule has 30 heavy (non-hydrogen) atoms. The van der Waals surface area contributed by atoms with Crippen molar-refractivity contribution in [2.24, 2.45) is 0 Å². The Bertz CT molecular complexity index is 1070. The Balaban J connectivity index is 1.37. The first-order chi connectivity index (χ1) is 14.6. The van der Waals surface area contributed by atoms with Gasteiger partial charge in [0.15, 0.2) is 6.61 Å². The number of carbonyl (C=O) groups excluding carboxylic acids is 1. The molecule has 7 nitrogen and oxygen atoms in total. The maximum Gasteiger partial charge on any atom is 0.261 e. The zero-order chi connectivity index (χ0) is 20.9. The lowest BCUT2D eigenvalue weighted by Crippen LogP contribution is -2.36. The zero-order valence-electron chi connectivity index (χ0n) is 17.2. The second kappa shape index (κ2) is 9.15. The molecule has 158 valence electrons. The van der Waals surface area contributed by atoms with E-state index in [9.17, 15) is 9.59 Å². The van der Waals surface area contributed by atoms with E-state index in [1.165, 1.54) is 0 Å². The maximum absolute atomic E-state index is 12.9. The number of carbonyl (C=O) groups is 1. The number of amides is 1. The van der Waals surface area contributed by atoms with E-state index in [-0.39, 0.29) is 24.1 Å². The molecule has 0 spiro atoms. The minimum absolute atomic E-state index is 0.00658. The minimum atomic E-state index is -0.196. The van der Waals surface area contributed by atoms with Gasteiger partial charge in [-0.2, -0.15) is 0 Å². The lowest BCUT2D eigenvalue weighted by Gasteiger charge is -2.14. The summed E-state index contributed by atoms with van der Waals surface area (Å²) in [4.78, 5) is 29.8. The number of aryl methyl sites for hydroxylation is 2. The maximum atomic E-state index is 12.9. The molecular weight excluding hydrogens is 382 g/mol. The third-order valence-electron chi connectivity index (χ3n) is 5.47. The molecule has 4 rings (SSSR count). The molecule has 0 saturated carbocycles. The van der Waals surface area contributed by atoms with Crippen LogP contribution in [-0.4, -0.2) is 28.1 Å². The highest BCUT2D eigenvalue weighted by Crippen LogP contribution is 2.19. The molecule has 0 fully saturated rings. The number of hydrogen-bond acceptors (Lipinski definition) is 5. The summed E-state index contributed by atoms with van der Waals surface area (Å²) in [6.45, 7) is 2.56. The normalized spacial score (nSPS) is 14.7. The van der Waals surface area contributed by atoms with Gasteiger partial charge in [0.25, 0.3) is 11.5 Å². The number of furan rings is 1. The highest BCUT2D eigenvalue weighted by atomic mass is 16.5. The van der Waals surface area contributed by atoms with E-state index in [1.807, 2.05) is 19.1 Å². The third kappa shape index (κ3) is 4.72. The summed E-state index contributed by atoms with van der Waals surface area (Å²) in [5.74, 6) is 2.07. The van der Waals surface area contributed by atoms with Crippen LogP contribution in [0.3, 0.4) is 0 Å². The van der Waals surface area contributed by atoms with Gasteiger partial charge in [0, 0.05) is 25.4 Å². The molecule has 0 saturated heterocycles. The van der Waals surface area contributed by atoms with Crippen LogP contribution in [0.15, 0.2) is 45.8 Å². The first kappa shape index (κ1) is 20.2. The number of aromatic nitrogens is 2. The molecule has 1 atom stereocenters. The number of rotatable bonds is 7. The summed E-state index contributed by atoms with van der Waals surface area (Å²) in [6.07, 6.45) is 7.20. The molecule has 0 bridgehead atoms. The highest BCUT2D eigenvalue weighted by molar-refractivity contribution is 5.80. The quantitative estimate of drug-likeness (QED) is 0.647. The Morgan fingerprint density at radius 1 is 1.30 bits per heavy atom. The molecule has 2 aromatic heterocycles. The predicted molar refractivity (Wildman–Crippen MR) is 114 cm³/mol. The van der Waals surface area contributed by atoms with E-state index >= 15 is 0 Å². The molecular formula is C23H27N3O4. The van der Waals surface area contributed by atoms with Gasteiger partial charge in [-0.25, -0.2) is 4.98 Å². The SMILES string of the molecule is C[C@@H](CCc1ccco1)NC(=O)COc1ccc2nc3n(c(=O)c2c1)CCCCC3. The number of hydrogen-bond donors (Lipinski definition) is 1. The average Bonchev–Trinajstić information content (AvgIpc) is 3.15. The fraction of sp³-hybridized carbons (Fsp3) is 0.435. The molecule has 0 unspecified atom stereocenters. The molecule has 7 heteroatoms. The molecule has 0 aliphatic carbocycles. The summed E-state index contributed by atoms with van der Waals surface area (Å²) >= 11 is 0. The number of ether oxygens (including phenoxy) is 1. The fourth-order valence-electron chi connectivity index (χ4n) is 3.84. The van der Waals surface area contributed by atoms with Gasteiger partial charge in [0.05, 0.1) is 17.2 Å². The Morgan fingerprint density at radius 2 is 2.20 bits per heavy atom. The number of benzene rings is 1. The minimum Gasteiger partial charge on any atom is -0.484 e. The van der Waals surface area contributed by atoms with Gasteiger partial charge in [-0.15, -0.1) is 0 Å². The van der Waals surface area contributed by atoms with Gasteiger partial charge in [-0.1, -0.05) is 6.42 Å². The van der Waals surface area contributed by atoms with Crippen LogP contribution in [0.2, 0.25) is 0 Å². The summed E-state index contributed by atoms with van der Waals surface area (Å²) in [6, 6.07) is 9.03. The Kier molecular flexibility index (Phi) is 6.16. The molecule has 3 aromatic rings. The van der Waals surface area contributed by atoms with Crippen LogP contribution >= 0.6 is 0 Å². The van der Waals surface area contributed by atoms with Crippen LogP contribution in [0.5, 0.6) is 5.75 Å². The second-order valence-electron chi connectivity index (χ2n) is 7.85. The molecule has 0 radical (unpaired) electrons. The van der Waals surface area contributed by atoms with E-state index in [0.29, 0.717) is 23.2 Å². The van der Waals surface area contributed by atoms with Crippen LogP contribution in [0.25, 0.3) is 10.9 Å². The first-order valence-electron chi connectivity index (χ1n) is 10.6. The molecule has 1 aliphatic heterocycles. The summed E-state index contributed by atoms with van der Waals surface area (Å²) < 4.78 is 12.7. The lowest BCUT2D eigenvalue weighted by atomic mass is 10.1. The third-order valence-corrected chi connectivity index (χ3v) is 5.47. The van der Waals surface area contributed by atoms with Crippen molar-refractivity contribution in [3.8, 4) is 5.75 Å². The lowest BCUT2D eigenvalue weighted by molar-refractivity contribution is -0.123. The molecule has 1 N–H and O–H groups in total. The van der Waals surface area contributed by atoms with E-state index in [4.69, 9.17) is 9.15 Å². The number of fused-ring (bicyclic) bond motifs is 2. The van der Waals surface area contributed by atoms with Gasteiger partial charge in [0.2, 0.25) is 0 Å². The molecule has 3 heterocycles. The standard InChI is InChI=1S/C23H27N3O4/c1-16(8-9-17-6-5-13-29-17)24-22(27)15-30-18-10-11-20-19(14-18)23(28)26-12-4-2-3-7-21(26)25-20/h5-6,10-11,13-14,16H,2-4,7-9,12,15H2,1H3,(H,24,27)/t16-/m0/s1. The largest absolute Gasteiger partial charge is 0.484 e. The van der Waals surface area contributed by atoms with Crippen LogP contribution in [-0.2, 0) is 24.2 Å². The Hall–Kier alpha value is -3.09. The fourth-order valence-corrected chi connectivity index (χ4v) is 3.84. The van der Waals surface area contributed by atoms with Crippen LogP contribution in [0, 0.1) is 0 Å². The van der Waals surface area contributed by atoms with E-state index in [1.54, 1.807) is 29.0 Å². The van der Waals surface area contributed by atoms with Crippen molar-refractivity contribution in [1.29, 1.82) is 0 Å². The second-order valence-corrected chi connectivity index (χ2v) is 7.85. The topological polar surface area (TPSA) is 86.4 Å². The van der Waals surface area contributed by atoms with Gasteiger partial charge in [-0.3, -0.25) is 14.2 Å². The Morgan fingerprint density at radius 3 is 3.03 bits per heavy atom. The van der Waals surface area contributed by atoms with Crippen molar-refractivity contribution in [1.82, 2.24) is 14.9 Å². The zero-order valence-corrected chi connectivity index (χ0v) is 17.2. The highest BCUT2D eigenvalue weighted by Gasteiger charge is 2.15. The van der Waals surface area contributed by atoms with Crippen molar-refractivity contribution in [2.45, 2.75) is 58.0 Å². The van der Waals surface area contributed by atoms with E-state index in [0.717, 1.165) is 50.1 Å². The van der Waals surface area contributed by atoms with Crippen LogP contribution < -0.4 is 15.6 Å². The summed E-state index contributed by atoms with van der Waals surface area (Å²) in [5.41, 5.74) is 0.648. The summed E-state index contributed by atoms with van der Waals surface area (Å²) in [7, 11) is 0. The molecule has 1 amide bonds. The van der Waals surface area contributed by atoms with Gasteiger partial charge in [-0.05, 0) is 56.5 Å². The van der Waals surface area contributed by atoms with E-state index in [2.05, 4.69) is 10.3 Å². The van der Waals surface area contributed by atoms with Gasteiger partial charge in [0.1, 0.15) is 17.3 Å². The Labute approximate surface area is 175 Å². The van der Waals surface area contributed by atoms with Crippen LogP contribution in [0.4, 0.5) is 0 Å². The smallest absolute Gasteiger partial charge is 0.261 e. The van der Waals surface area contributed by atoms with Crippen molar-refractivity contribution in [3.63, 3.8) is 0 Å². The van der Waals surface area contributed by atoms with Gasteiger partial charge >= 0.3 is 0 Å². The number of nitrogens with zero attached hydrogens (tertiary/aromatic N) is 2. The molecule has 1 aromatic carbocycles. The summed E-state index contributed by atoms with van der Waals surface area (Å²) in [5, 5.41) is 3.46. The van der Waals surface area contributed by atoms with Crippen molar-refractivity contribution < 1.29 is 13.9 Å². The van der Waals surface area contributed by atoms with Crippen molar-refractivity contribution in [2.75, 3.05) is 6.61 Å². The predicted octanol–water partition coefficient (Wildman–Crippen LogP) is 3.23. The van der Waals surface area contributed by atoms with Crippen molar-refractivity contribution in [3.05, 3.63) is 58.5 Å². The monoisotopic (exact) mass is 409 g/mol. The number of nitrogens with one attached hydrogen (secondary N) is 1. The van der Waals surface area contributed by atoms with Crippen LogP contribution in [0.1, 0.15) is 44.2 Å². The van der Waals surface area contributed by atoms with Gasteiger partial charge < -0.3 is 14.5 Å². The van der Waals surface area contributed by atoms with Crippen molar-refractivity contribution >= 4 is 16.8 Å². The molecule has 1 aliphatic rings. The first-order valence-corrected chi connectivity index (χ1v) is 10.6. The average molecular weight is 409 g/mol. The van der Waals surface area contributed by atoms with E-state index < -0.39 is 0 Å².